The maximum Gasteiger partial charge on any atom is 0.510 e. The van der Waals surface area contributed by atoms with Gasteiger partial charge in [0.05, 0.1) is 30.3 Å². The molecule has 0 bridgehead atoms. The standard InChI is InChI=1S/C27H40ClN4O11P/c1-17(2)41-26(33)37-14-39-44(35,40-15-38-27(34)42-18(3)4)16-36-13-20-9-10-22(43-20)32-12-11-21-23(29-19-7-5-6-8-19)30-25(28)31-24(21)32/h11-12,17-20,22H,5-10,13-16H2,1-4H3,(H,29,30,31)/t20-,22+/m0/s1. The van der Waals surface area contributed by atoms with Crippen LogP contribution in [-0.2, 0) is 42.0 Å². The lowest BCUT2D eigenvalue weighted by molar-refractivity contribution is -0.0463. The predicted octanol–water partition coefficient (Wildman–Crippen LogP) is 6.36. The molecule has 4 rings (SSSR count). The molecule has 0 aromatic carbocycles. The molecule has 2 aromatic rings. The van der Waals surface area contributed by atoms with Crippen LogP contribution in [0.4, 0.5) is 15.4 Å². The quantitative estimate of drug-likeness (QED) is 0.0968. The van der Waals surface area contributed by atoms with E-state index in [9.17, 15) is 14.2 Å². The molecule has 0 radical (unpaired) electrons. The molecule has 15 nitrogen and oxygen atoms in total. The van der Waals surface area contributed by atoms with Gasteiger partial charge < -0.3 is 38.3 Å². The number of nitrogens with one attached hydrogen (secondary N) is 1. The molecule has 0 amide bonds. The Hall–Kier alpha value is -2.68. The van der Waals surface area contributed by atoms with Gasteiger partial charge in [0.25, 0.3) is 0 Å². The van der Waals surface area contributed by atoms with E-state index in [2.05, 4.69) is 15.3 Å². The Morgan fingerprint density at radius 1 is 1.02 bits per heavy atom. The Morgan fingerprint density at radius 2 is 1.66 bits per heavy atom. The number of hydrogen-bond acceptors (Lipinski definition) is 14. The Morgan fingerprint density at radius 3 is 2.27 bits per heavy atom. The van der Waals surface area contributed by atoms with Gasteiger partial charge >= 0.3 is 19.9 Å². The summed E-state index contributed by atoms with van der Waals surface area (Å²) in [5.41, 5.74) is 0.662. The van der Waals surface area contributed by atoms with Crippen molar-refractivity contribution >= 4 is 48.4 Å². The molecule has 1 N–H and O–H groups in total. The van der Waals surface area contributed by atoms with Crippen LogP contribution >= 0.6 is 19.2 Å². The molecule has 2 atom stereocenters. The number of carbonyl (C=O) groups excluding carboxylic acids is 2. The highest BCUT2D eigenvalue weighted by atomic mass is 35.5. The fourth-order valence-corrected chi connectivity index (χ4v) is 5.94. The van der Waals surface area contributed by atoms with Gasteiger partial charge in [0.15, 0.2) is 0 Å². The largest absolute Gasteiger partial charge is 0.510 e. The van der Waals surface area contributed by atoms with Crippen molar-refractivity contribution in [2.75, 3.05) is 31.9 Å². The summed E-state index contributed by atoms with van der Waals surface area (Å²) in [7, 11) is -4.06. The van der Waals surface area contributed by atoms with E-state index in [0.29, 0.717) is 30.3 Å². The first-order valence-electron chi connectivity index (χ1n) is 14.6. The second-order valence-electron chi connectivity index (χ2n) is 10.9. The van der Waals surface area contributed by atoms with Crippen LogP contribution in [0.25, 0.3) is 11.0 Å². The van der Waals surface area contributed by atoms with E-state index >= 15 is 0 Å². The smallest absolute Gasteiger partial charge is 0.432 e. The SMILES string of the molecule is CC(C)OC(=O)OCOP(=O)(COC[C@@H]1CC[C@H](n2ccc3c(NC4CCCC4)nc(Cl)nc32)O1)OCOC(=O)OC(C)C. The number of nitrogens with zero attached hydrogens (tertiary/aromatic N) is 3. The maximum atomic E-state index is 13.3. The third-order valence-corrected chi connectivity index (χ3v) is 8.37. The van der Waals surface area contributed by atoms with Crippen molar-refractivity contribution in [3.05, 3.63) is 17.5 Å². The van der Waals surface area contributed by atoms with E-state index < -0.39 is 52.0 Å². The molecule has 246 valence electrons. The van der Waals surface area contributed by atoms with Crippen molar-refractivity contribution in [3.63, 3.8) is 0 Å². The lowest BCUT2D eigenvalue weighted by Crippen LogP contribution is -2.19. The van der Waals surface area contributed by atoms with E-state index in [1.807, 2.05) is 16.8 Å². The first kappa shape index (κ1) is 34.2. The molecule has 3 heterocycles. The number of rotatable bonds is 15. The van der Waals surface area contributed by atoms with E-state index in [-0.39, 0.29) is 24.2 Å². The fourth-order valence-electron chi connectivity index (χ4n) is 4.80. The van der Waals surface area contributed by atoms with Crippen LogP contribution in [-0.4, -0.2) is 77.7 Å². The lowest BCUT2D eigenvalue weighted by Gasteiger charge is -2.20. The first-order valence-corrected chi connectivity index (χ1v) is 16.7. The van der Waals surface area contributed by atoms with Crippen LogP contribution in [0.5, 0.6) is 0 Å². The van der Waals surface area contributed by atoms with Gasteiger partial charge in [-0.3, -0.25) is 13.6 Å². The molecule has 44 heavy (non-hydrogen) atoms. The highest BCUT2D eigenvalue weighted by Crippen LogP contribution is 2.48. The molecule has 0 spiro atoms. The summed E-state index contributed by atoms with van der Waals surface area (Å²) in [6.07, 6.45) is 3.71. The molecule has 2 aliphatic rings. The number of fused-ring (bicyclic) bond motifs is 1. The lowest BCUT2D eigenvalue weighted by atomic mass is 10.2. The van der Waals surface area contributed by atoms with Crippen molar-refractivity contribution in [2.45, 2.75) is 96.8 Å². The number of hydrogen-bond donors (Lipinski definition) is 1. The third kappa shape index (κ3) is 10.2. The van der Waals surface area contributed by atoms with Crippen LogP contribution in [0.3, 0.4) is 0 Å². The summed E-state index contributed by atoms with van der Waals surface area (Å²) in [5.74, 6) is 0.710. The maximum absolute atomic E-state index is 13.3. The number of halogens is 1. The molecular formula is C27H40ClN4O11P. The van der Waals surface area contributed by atoms with Gasteiger partial charge in [-0.15, -0.1) is 0 Å². The molecule has 0 unspecified atom stereocenters. The third-order valence-electron chi connectivity index (χ3n) is 6.71. The monoisotopic (exact) mass is 662 g/mol. The topological polar surface area (TPSA) is 168 Å². The summed E-state index contributed by atoms with van der Waals surface area (Å²) in [5, 5.41) is 4.52. The summed E-state index contributed by atoms with van der Waals surface area (Å²) in [6, 6.07) is 2.31. The van der Waals surface area contributed by atoms with Crippen LogP contribution in [0, 0.1) is 0 Å². The second kappa shape index (κ2) is 16.1. The number of ether oxygens (including phenoxy) is 6. The molecule has 1 saturated heterocycles. The normalized spacial score (nSPS) is 19.2. The summed E-state index contributed by atoms with van der Waals surface area (Å²) in [6.45, 7) is 5.13. The molecule has 2 fully saturated rings. The van der Waals surface area contributed by atoms with Crippen LogP contribution < -0.4 is 5.32 Å². The van der Waals surface area contributed by atoms with Gasteiger partial charge in [0.1, 0.15) is 24.0 Å². The Labute approximate surface area is 260 Å². The zero-order valence-corrected chi connectivity index (χ0v) is 26.9. The van der Waals surface area contributed by atoms with Crippen LogP contribution in [0.2, 0.25) is 5.28 Å². The Kier molecular flexibility index (Phi) is 12.5. The number of carbonyl (C=O) groups is 2. The molecule has 1 saturated carbocycles. The highest BCUT2D eigenvalue weighted by molar-refractivity contribution is 7.53. The second-order valence-corrected chi connectivity index (χ2v) is 13.3. The Balaban J connectivity index is 1.31. The molecular weight excluding hydrogens is 623 g/mol. The Bertz CT molecular complexity index is 1270. The van der Waals surface area contributed by atoms with Crippen molar-refractivity contribution in [1.29, 1.82) is 0 Å². The van der Waals surface area contributed by atoms with E-state index in [0.717, 1.165) is 18.2 Å². The highest BCUT2D eigenvalue weighted by Gasteiger charge is 2.32. The minimum absolute atomic E-state index is 0.0587. The summed E-state index contributed by atoms with van der Waals surface area (Å²) in [4.78, 5) is 32.2. The van der Waals surface area contributed by atoms with Gasteiger partial charge in [0, 0.05) is 12.2 Å². The number of aromatic nitrogens is 3. The van der Waals surface area contributed by atoms with Crippen molar-refractivity contribution in [2.24, 2.45) is 0 Å². The molecule has 1 aliphatic carbocycles. The fraction of sp³-hybridized carbons (Fsp3) is 0.704. The van der Waals surface area contributed by atoms with Crippen molar-refractivity contribution in [1.82, 2.24) is 14.5 Å². The van der Waals surface area contributed by atoms with Gasteiger partial charge in [0.2, 0.25) is 18.9 Å². The minimum Gasteiger partial charge on any atom is -0.432 e. The van der Waals surface area contributed by atoms with Gasteiger partial charge in [-0.2, -0.15) is 4.98 Å². The zero-order valence-electron chi connectivity index (χ0n) is 25.3. The first-order chi connectivity index (χ1) is 21.0. The van der Waals surface area contributed by atoms with Crippen LogP contribution in [0.1, 0.15) is 72.4 Å². The average Bonchev–Trinajstić information content (AvgIpc) is 3.69. The van der Waals surface area contributed by atoms with Crippen molar-refractivity contribution in [3.8, 4) is 0 Å². The summed E-state index contributed by atoms with van der Waals surface area (Å²) < 4.78 is 56.7. The minimum atomic E-state index is -4.06. The summed E-state index contributed by atoms with van der Waals surface area (Å²) >= 11 is 6.28. The zero-order chi connectivity index (χ0) is 31.7. The van der Waals surface area contributed by atoms with Crippen molar-refractivity contribution < 1.29 is 51.6 Å². The van der Waals surface area contributed by atoms with E-state index in [4.69, 9.17) is 49.1 Å². The number of anilines is 1. The van der Waals surface area contributed by atoms with E-state index in [1.165, 1.54) is 12.8 Å². The van der Waals surface area contributed by atoms with Gasteiger partial charge in [-0.1, -0.05) is 12.8 Å². The molecule has 1 aliphatic heterocycles. The molecule has 2 aromatic heterocycles. The van der Waals surface area contributed by atoms with E-state index in [1.54, 1.807) is 27.7 Å². The molecule has 17 heteroatoms. The van der Waals surface area contributed by atoms with Crippen LogP contribution in [0.15, 0.2) is 12.3 Å². The van der Waals surface area contributed by atoms with Gasteiger partial charge in [-0.25, -0.2) is 14.6 Å². The van der Waals surface area contributed by atoms with Gasteiger partial charge in [-0.05, 0) is 71.0 Å². The average molecular weight is 663 g/mol. The predicted molar refractivity (Wildman–Crippen MR) is 157 cm³/mol.